The number of nitrogens with zero attached hydrogens (tertiary/aromatic N) is 2. The van der Waals surface area contributed by atoms with Crippen LogP contribution in [0, 0.1) is 0 Å². The van der Waals surface area contributed by atoms with Crippen molar-refractivity contribution >= 4 is 24.0 Å². The second kappa shape index (κ2) is 8.95. The highest BCUT2D eigenvalue weighted by Crippen LogP contribution is 2.14. The Kier molecular flexibility index (Phi) is 8.42. The number of para-hydroxylation sites is 1. The highest BCUT2D eigenvalue weighted by molar-refractivity contribution is 5.93. The van der Waals surface area contributed by atoms with Crippen molar-refractivity contribution in [1.29, 1.82) is 0 Å². The van der Waals surface area contributed by atoms with Gasteiger partial charge in [-0.3, -0.25) is 4.79 Å². The molecular formula is C14H23ClN2O. The van der Waals surface area contributed by atoms with Gasteiger partial charge >= 0.3 is 0 Å². The first-order valence-electron chi connectivity index (χ1n) is 6.15. The molecular weight excluding hydrogens is 248 g/mol. The molecule has 1 rings (SSSR count). The zero-order valence-electron chi connectivity index (χ0n) is 11.4. The van der Waals surface area contributed by atoms with Crippen LogP contribution in [0.15, 0.2) is 30.3 Å². The van der Waals surface area contributed by atoms with Gasteiger partial charge in [-0.25, -0.2) is 0 Å². The van der Waals surface area contributed by atoms with Crippen LogP contribution in [-0.4, -0.2) is 38.0 Å². The molecule has 3 nitrogen and oxygen atoms in total. The van der Waals surface area contributed by atoms with Gasteiger partial charge in [0.2, 0.25) is 5.91 Å². The van der Waals surface area contributed by atoms with Crippen LogP contribution < -0.4 is 4.90 Å². The van der Waals surface area contributed by atoms with Crippen LogP contribution >= 0.6 is 12.4 Å². The molecule has 0 unspecified atom stereocenters. The van der Waals surface area contributed by atoms with Crippen LogP contribution in [0.25, 0.3) is 0 Å². The fourth-order valence-electron chi connectivity index (χ4n) is 1.65. The number of anilines is 1. The number of rotatable bonds is 6. The van der Waals surface area contributed by atoms with Crippen LogP contribution in [0.5, 0.6) is 0 Å². The summed E-state index contributed by atoms with van der Waals surface area (Å²) in [4.78, 5) is 16.0. The summed E-state index contributed by atoms with van der Waals surface area (Å²) in [5.41, 5.74) is 0.993. The SMILES string of the molecule is CCCC(=O)N(CCN(C)C)c1ccccc1.Cl. The lowest BCUT2D eigenvalue weighted by Crippen LogP contribution is -2.36. The van der Waals surface area contributed by atoms with Gasteiger partial charge in [0, 0.05) is 25.2 Å². The average Bonchev–Trinajstić information content (AvgIpc) is 2.30. The van der Waals surface area contributed by atoms with E-state index >= 15 is 0 Å². The Balaban J connectivity index is 0.00000289. The molecule has 0 N–H and O–H groups in total. The second-order valence-electron chi connectivity index (χ2n) is 4.43. The highest BCUT2D eigenvalue weighted by Gasteiger charge is 2.14. The summed E-state index contributed by atoms with van der Waals surface area (Å²) in [7, 11) is 4.04. The van der Waals surface area contributed by atoms with Gasteiger partial charge in [-0.1, -0.05) is 25.1 Å². The Morgan fingerprint density at radius 1 is 1.11 bits per heavy atom. The fourth-order valence-corrected chi connectivity index (χ4v) is 1.65. The first-order valence-corrected chi connectivity index (χ1v) is 6.15. The molecule has 4 heteroatoms. The Morgan fingerprint density at radius 3 is 2.22 bits per heavy atom. The smallest absolute Gasteiger partial charge is 0.227 e. The Bertz CT molecular complexity index is 341. The minimum absolute atomic E-state index is 0. The lowest BCUT2D eigenvalue weighted by atomic mass is 10.2. The molecule has 0 aliphatic heterocycles. The van der Waals surface area contributed by atoms with Crippen molar-refractivity contribution in [3.8, 4) is 0 Å². The summed E-state index contributed by atoms with van der Waals surface area (Å²) in [6, 6.07) is 9.89. The maximum atomic E-state index is 12.1. The van der Waals surface area contributed by atoms with Crippen LogP contribution in [0.4, 0.5) is 5.69 Å². The normalized spacial score (nSPS) is 10.0. The van der Waals surface area contributed by atoms with Crippen molar-refractivity contribution < 1.29 is 4.79 Å². The van der Waals surface area contributed by atoms with Gasteiger partial charge in [0.1, 0.15) is 0 Å². The van der Waals surface area contributed by atoms with Crippen molar-refractivity contribution in [2.45, 2.75) is 19.8 Å². The summed E-state index contributed by atoms with van der Waals surface area (Å²) < 4.78 is 0. The lowest BCUT2D eigenvalue weighted by molar-refractivity contribution is -0.118. The molecule has 102 valence electrons. The summed E-state index contributed by atoms with van der Waals surface area (Å²) in [5.74, 6) is 0.209. The predicted octanol–water partition coefficient (Wildman–Crippen LogP) is 2.80. The van der Waals surface area contributed by atoms with E-state index in [9.17, 15) is 4.79 Å². The van der Waals surface area contributed by atoms with Gasteiger partial charge in [0.15, 0.2) is 0 Å². The fraction of sp³-hybridized carbons (Fsp3) is 0.500. The molecule has 1 aromatic carbocycles. The summed E-state index contributed by atoms with van der Waals surface area (Å²) in [5, 5.41) is 0. The van der Waals surface area contributed by atoms with Gasteiger partial charge in [-0.05, 0) is 32.6 Å². The molecule has 0 aliphatic carbocycles. The maximum Gasteiger partial charge on any atom is 0.227 e. The van der Waals surface area contributed by atoms with Crippen molar-refractivity contribution in [1.82, 2.24) is 4.90 Å². The molecule has 0 atom stereocenters. The maximum absolute atomic E-state index is 12.1. The monoisotopic (exact) mass is 270 g/mol. The first-order chi connectivity index (χ1) is 8.15. The summed E-state index contributed by atoms with van der Waals surface area (Å²) in [6.45, 7) is 3.66. The molecule has 1 aromatic rings. The molecule has 0 heterocycles. The quantitative estimate of drug-likeness (QED) is 0.794. The van der Waals surface area contributed by atoms with E-state index in [2.05, 4.69) is 4.90 Å². The van der Waals surface area contributed by atoms with E-state index in [-0.39, 0.29) is 18.3 Å². The van der Waals surface area contributed by atoms with E-state index in [1.54, 1.807) is 0 Å². The highest BCUT2D eigenvalue weighted by atomic mass is 35.5. The van der Waals surface area contributed by atoms with Crippen molar-refractivity contribution in [2.24, 2.45) is 0 Å². The number of amides is 1. The number of benzene rings is 1. The summed E-state index contributed by atoms with van der Waals surface area (Å²) in [6.07, 6.45) is 1.51. The van der Waals surface area contributed by atoms with Crippen LogP contribution in [0.2, 0.25) is 0 Å². The molecule has 0 saturated heterocycles. The van der Waals surface area contributed by atoms with E-state index in [1.165, 1.54) is 0 Å². The lowest BCUT2D eigenvalue weighted by Gasteiger charge is -2.24. The Labute approximate surface area is 116 Å². The molecule has 0 aromatic heterocycles. The number of hydrogen-bond acceptors (Lipinski definition) is 2. The molecule has 0 saturated carbocycles. The third-order valence-corrected chi connectivity index (χ3v) is 2.60. The number of likely N-dealkylation sites (N-methyl/N-ethyl adjacent to an activating group) is 1. The molecule has 0 radical (unpaired) electrons. The average molecular weight is 271 g/mol. The van der Waals surface area contributed by atoms with E-state index < -0.39 is 0 Å². The zero-order chi connectivity index (χ0) is 12.7. The molecule has 0 aliphatic rings. The van der Waals surface area contributed by atoms with Gasteiger partial charge in [0.25, 0.3) is 0 Å². The van der Waals surface area contributed by atoms with Crippen molar-refractivity contribution in [2.75, 3.05) is 32.1 Å². The van der Waals surface area contributed by atoms with E-state index in [4.69, 9.17) is 0 Å². The van der Waals surface area contributed by atoms with Gasteiger partial charge in [-0.15, -0.1) is 12.4 Å². The third kappa shape index (κ3) is 5.52. The number of halogens is 1. The van der Waals surface area contributed by atoms with Crippen LogP contribution in [0.3, 0.4) is 0 Å². The summed E-state index contributed by atoms with van der Waals surface area (Å²) >= 11 is 0. The van der Waals surface area contributed by atoms with Crippen molar-refractivity contribution in [3.63, 3.8) is 0 Å². The topological polar surface area (TPSA) is 23.6 Å². The minimum atomic E-state index is 0. The Morgan fingerprint density at radius 2 is 1.72 bits per heavy atom. The molecule has 0 spiro atoms. The molecule has 18 heavy (non-hydrogen) atoms. The van der Waals surface area contributed by atoms with Crippen LogP contribution in [-0.2, 0) is 4.79 Å². The zero-order valence-corrected chi connectivity index (χ0v) is 12.2. The minimum Gasteiger partial charge on any atom is -0.311 e. The Hall–Kier alpha value is -1.06. The van der Waals surface area contributed by atoms with Crippen LogP contribution in [0.1, 0.15) is 19.8 Å². The number of carbonyl (C=O) groups is 1. The number of hydrogen-bond donors (Lipinski definition) is 0. The molecule has 0 bridgehead atoms. The second-order valence-corrected chi connectivity index (χ2v) is 4.43. The largest absolute Gasteiger partial charge is 0.311 e. The van der Waals surface area contributed by atoms with E-state index in [1.807, 2.05) is 56.3 Å². The third-order valence-electron chi connectivity index (χ3n) is 2.60. The van der Waals surface area contributed by atoms with Gasteiger partial charge < -0.3 is 9.80 Å². The van der Waals surface area contributed by atoms with Gasteiger partial charge in [-0.2, -0.15) is 0 Å². The standard InChI is InChI=1S/C14H22N2O.ClH/c1-4-8-14(17)16(12-11-15(2)3)13-9-6-5-7-10-13;/h5-7,9-10H,4,8,11-12H2,1-3H3;1H. The van der Waals surface area contributed by atoms with E-state index in [0.717, 1.165) is 25.2 Å². The predicted molar refractivity (Wildman–Crippen MR) is 79.5 cm³/mol. The van der Waals surface area contributed by atoms with Crippen molar-refractivity contribution in [3.05, 3.63) is 30.3 Å². The van der Waals surface area contributed by atoms with E-state index in [0.29, 0.717) is 6.42 Å². The van der Waals surface area contributed by atoms with Gasteiger partial charge in [0.05, 0.1) is 0 Å². The number of carbonyl (C=O) groups excluding carboxylic acids is 1. The molecule has 0 fully saturated rings. The molecule has 1 amide bonds. The first kappa shape index (κ1) is 16.9.